The summed E-state index contributed by atoms with van der Waals surface area (Å²) < 4.78 is 24.3. The van der Waals surface area contributed by atoms with Crippen molar-refractivity contribution in [1.29, 1.82) is 5.26 Å². The van der Waals surface area contributed by atoms with Gasteiger partial charge in [-0.15, -0.1) is 0 Å². The van der Waals surface area contributed by atoms with Gasteiger partial charge in [0.1, 0.15) is 5.56 Å². The summed E-state index contributed by atoms with van der Waals surface area (Å²) in [5.74, 6) is -1.91. The molecule has 0 atom stereocenters. The largest absolute Gasteiger partial charge is 0.462 e. The summed E-state index contributed by atoms with van der Waals surface area (Å²) in [6, 6.07) is 7.25. The van der Waals surface area contributed by atoms with Crippen LogP contribution in [0.25, 0.3) is 0 Å². The summed E-state index contributed by atoms with van der Waals surface area (Å²) in [5.41, 5.74) is 0.345. The fraction of sp³-hybridized carbons (Fsp3) is 0.176. The molecule has 122 valence electrons. The highest BCUT2D eigenvalue weighted by atomic mass is 19.1. The second kappa shape index (κ2) is 7.83. The topological polar surface area (TPSA) is 89.3 Å². The Kier molecular flexibility index (Phi) is 5.58. The highest BCUT2D eigenvalue weighted by Gasteiger charge is 2.21. The van der Waals surface area contributed by atoms with Crippen LogP contribution in [0.5, 0.6) is 11.6 Å². The standard InChI is InChI=1S/C17H13FN2O4/c1-2-23-17(22)15-12(10-21)6-8-20-16(15)24-14-4-3-11(5-7-19)9-13(14)18/h3-4,6,8-10H,2,5H2,1H3. The minimum absolute atomic E-state index is 0.0277. The summed E-state index contributed by atoms with van der Waals surface area (Å²) in [4.78, 5) is 27.0. The lowest BCUT2D eigenvalue weighted by Gasteiger charge is -2.11. The fourth-order valence-corrected chi connectivity index (χ4v) is 1.97. The maximum atomic E-state index is 14.1. The number of esters is 1. The van der Waals surface area contributed by atoms with Crippen LogP contribution in [0.2, 0.25) is 0 Å². The van der Waals surface area contributed by atoms with Crippen molar-refractivity contribution in [2.24, 2.45) is 0 Å². The van der Waals surface area contributed by atoms with E-state index < -0.39 is 11.8 Å². The number of hydrogen-bond donors (Lipinski definition) is 0. The lowest BCUT2D eigenvalue weighted by atomic mass is 10.1. The van der Waals surface area contributed by atoms with Gasteiger partial charge in [0.2, 0.25) is 5.88 Å². The van der Waals surface area contributed by atoms with E-state index in [1.807, 2.05) is 6.07 Å². The van der Waals surface area contributed by atoms with Crippen molar-refractivity contribution < 1.29 is 23.5 Å². The van der Waals surface area contributed by atoms with Crippen LogP contribution >= 0.6 is 0 Å². The molecule has 0 unspecified atom stereocenters. The van der Waals surface area contributed by atoms with Crippen LogP contribution in [0.3, 0.4) is 0 Å². The second-order valence-corrected chi connectivity index (χ2v) is 4.62. The van der Waals surface area contributed by atoms with Crippen LogP contribution in [-0.4, -0.2) is 23.8 Å². The Bertz CT molecular complexity index is 815. The fourth-order valence-electron chi connectivity index (χ4n) is 1.97. The number of ether oxygens (including phenoxy) is 2. The third kappa shape index (κ3) is 3.73. The number of nitrogens with zero attached hydrogens (tertiary/aromatic N) is 2. The molecule has 1 aromatic carbocycles. The third-order valence-corrected chi connectivity index (χ3v) is 3.04. The SMILES string of the molecule is CCOC(=O)c1c(C=O)ccnc1Oc1ccc(CC#N)cc1F. The van der Waals surface area contributed by atoms with Gasteiger partial charge in [-0.25, -0.2) is 14.2 Å². The summed E-state index contributed by atoms with van der Waals surface area (Å²) >= 11 is 0. The lowest BCUT2D eigenvalue weighted by molar-refractivity contribution is 0.0520. The van der Waals surface area contributed by atoms with E-state index in [2.05, 4.69) is 4.98 Å². The number of halogens is 1. The van der Waals surface area contributed by atoms with Crippen LogP contribution < -0.4 is 4.74 Å². The van der Waals surface area contributed by atoms with Gasteiger partial charge in [0.25, 0.3) is 0 Å². The minimum Gasteiger partial charge on any atom is -0.462 e. The molecule has 0 bridgehead atoms. The monoisotopic (exact) mass is 328 g/mol. The van der Waals surface area contributed by atoms with E-state index in [9.17, 15) is 14.0 Å². The molecule has 2 aromatic rings. The van der Waals surface area contributed by atoms with E-state index >= 15 is 0 Å². The molecule has 0 radical (unpaired) electrons. The van der Waals surface area contributed by atoms with Gasteiger partial charge in [-0.1, -0.05) is 6.07 Å². The molecule has 0 saturated heterocycles. The molecule has 0 aliphatic carbocycles. The summed E-state index contributed by atoms with van der Waals surface area (Å²) in [6.45, 7) is 1.71. The van der Waals surface area contributed by atoms with Gasteiger partial charge >= 0.3 is 5.97 Å². The zero-order valence-electron chi connectivity index (χ0n) is 12.8. The van der Waals surface area contributed by atoms with Gasteiger partial charge in [-0.2, -0.15) is 5.26 Å². The molecule has 24 heavy (non-hydrogen) atoms. The molecular formula is C17H13FN2O4. The molecule has 1 aromatic heterocycles. The zero-order valence-corrected chi connectivity index (χ0v) is 12.8. The normalized spacial score (nSPS) is 9.88. The lowest BCUT2D eigenvalue weighted by Crippen LogP contribution is -2.11. The smallest absolute Gasteiger partial charge is 0.344 e. The Labute approximate surface area is 137 Å². The predicted molar refractivity (Wildman–Crippen MR) is 81.4 cm³/mol. The van der Waals surface area contributed by atoms with E-state index in [1.165, 1.54) is 24.4 Å². The van der Waals surface area contributed by atoms with Crippen LogP contribution in [0, 0.1) is 17.1 Å². The molecule has 1 heterocycles. The van der Waals surface area contributed by atoms with Gasteiger partial charge in [0.15, 0.2) is 17.9 Å². The number of carbonyl (C=O) groups excluding carboxylic acids is 2. The van der Waals surface area contributed by atoms with Gasteiger partial charge in [-0.05, 0) is 30.7 Å². The molecule has 0 saturated carbocycles. The van der Waals surface area contributed by atoms with Crippen molar-refractivity contribution >= 4 is 12.3 Å². The molecule has 7 heteroatoms. The van der Waals surface area contributed by atoms with Crippen molar-refractivity contribution in [1.82, 2.24) is 4.98 Å². The quantitative estimate of drug-likeness (QED) is 0.598. The first-order valence-electron chi connectivity index (χ1n) is 7.05. The molecule has 0 aliphatic rings. The molecule has 2 rings (SSSR count). The highest BCUT2D eigenvalue weighted by Crippen LogP contribution is 2.28. The Morgan fingerprint density at radius 1 is 1.42 bits per heavy atom. The third-order valence-electron chi connectivity index (χ3n) is 3.04. The van der Waals surface area contributed by atoms with Crippen molar-refractivity contribution in [3.63, 3.8) is 0 Å². The highest BCUT2D eigenvalue weighted by molar-refractivity contribution is 6.00. The Hall–Kier alpha value is -3.27. The number of aldehydes is 1. The Balaban J connectivity index is 2.41. The molecule has 6 nitrogen and oxygen atoms in total. The van der Waals surface area contributed by atoms with Gasteiger partial charge < -0.3 is 9.47 Å². The zero-order chi connectivity index (χ0) is 17.5. The van der Waals surface area contributed by atoms with Gasteiger partial charge in [0.05, 0.1) is 19.1 Å². The van der Waals surface area contributed by atoms with Crippen LogP contribution in [-0.2, 0) is 11.2 Å². The Morgan fingerprint density at radius 2 is 2.21 bits per heavy atom. The van der Waals surface area contributed by atoms with Crippen molar-refractivity contribution in [2.75, 3.05) is 6.61 Å². The number of benzene rings is 1. The predicted octanol–water partition coefficient (Wildman–Crippen LogP) is 3.07. The van der Waals surface area contributed by atoms with Crippen molar-refractivity contribution in [3.05, 3.63) is 53.0 Å². The van der Waals surface area contributed by atoms with E-state index in [0.717, 1.165) is 6.07 Å². The summed E-state index contributed by atoms with van der Waals surface area (Å²) in [5, 5.41) is 8.62. The van der Waals surface area contributed by atoms with E-state index in [0.29, 0.717) is 11.8 Å². The molecule has 0 fully saturated rings. The number of hydrogen-bond acceptors (Lipinski definition) is 6. The van der Waals surface area contributed by atoms with E-state index in [4.69, 9.17) is 14.7 Å². The summed E-state index contributed by atoms with van der Waals surface area (Å²) in [6.07, 6.45) is 1.79. The van der Waals surface area contributed by atoms with E-state index in [-0.39, 0.29) is 35.8 Å². The molecule has 0 aliphatic heterocycles. The van der Waals surface area contributed by atoms with E-state index in [1.54, 1.807) is 6.92 Å². The molecule has 0 spiro atoms. The average Bonchev–Trinajstić information content (AvgIpc) is 2.57. The first kappa shape index (κ1) is 17.1. The van der Waals surface area contributed by atoms with Crippen molar-refractivity contribution in [2.45, 2.75) is 13.3 Å². The minimum atomic E-state index is -0.788. The van der Waals surface area contributed by atoms with Crippen LogP contribution in [0.4, 0.5) is 4.39 Å². The molecular weight excluding hydrogens is 315 g/mol. The molecule has 0 amide bonds. The maximum absolute atomic E-state index is 14.1. The number of nitriles is 1. The van der Waals surface area contributed by atoms with Gasteiger partial charge in [0, 0.05) is 11.8 Å². The number of aromatic nitrogens is 1. The van der Waals surface area contributed by atoms with Crippen LogP contribution in [0.1, 0.15) is 33.2 Å². The maximum Gasteiger partial charge on any atom is 0.344 e. The number of rotatable bonds is 6. The second-order valence-electron chi connectivity index (χ2n) is 4.62. The molecule has 0 N–H and O–H groups in total. The van der Waals surface area contributed by atoms with Gasteiger partial charge in [-0.3, -0.25) is 4.79 Å². The summed E-state index contributed by atoms with van der Waals surface area (Å²) in [7, 11) is 0. The first-order valence-corrected chi connectivity index (χ1v) is 7.05. The average molecular weight is 328 g/mol. The number of pyridine rings is 1. The number of carbonyl (C=O) groups is 2. The first-order chi connectivity index (χ1) is 11.6. The Morgan fingerprint density at radius 3 is 2.83 bits per heavy atom. The van der Waals surface area contributed by atoms with Crippen LogP contribution in [0.15, 0.2) is 30.5 Å². The van der Waals surface area contributed by atoms with Crippen molar-refractivity contribution in [3.8, 4) is 17.7 Å².